The van der Waals surface area contributed by atoms with Crippen molar-refractivity contribution in [2.24, 2.45) is 0 Å². The number of aliphatic carboxylic acids is 1. The third-order valence-electron chi connectivity index (χ3n) is 4.98. The Morgan fingerprint density at radius 1 is 1.23 bits per heavy atom. The van der Waals surface area contributed by atoms with Crippen LogP contribution in [-0.4, -0.2) is 46.2 Å². The van der Waals surface area contributed by atoms with Gasteiger partial charge in [0.05, 0.1) is 19.4 Å². The second-order valence-corrected chi connectivity index (χ2v) is 6.82. The number of hydrogen-bond donors (Lipinski definition) is 1. The first-order chi connectivity index (χ1) is 12.5. The van der Waals surface area contributed by atoms with E-state index < -0.39 is 5.97 Å². The normalized spacial score (nSPS) is 14.4. The lowest BCUT2D eigenvalue weighted by atomic mass is 10.0. The minimum atomic E-state index is -0.761. The maximum absolute atomic E-state index is 11.8. The van der Waals surface area contributed by atoms with Gasteiger partial charge in [0.15, 0.2) is 0 Å². The number of benzene rings is 1. The van der Waals surface area contributed by atoms with Gasteiger partial charge in [0, 0.05) is 49.2 Å². The number of aromatic nitrogens is 1. The van der Waals surface area contributed by atoms with Crippen LogP contribution in [0.2, 0.25) is 0 Å². The number of carbonyl (C=O) groups excluding carboxylic acids is 1. The molecule has 0 spiro atoms. The van der Waals surface area contributed by atoms with Gasteiger partial charge in [-0.1, -0.05) is 11.6 Å². The first-order valence-electron chi connectivity index (χ1n) is 9.20. The summed E-state index contributed by atoms with van der Waals surface area (Å²) in [6, 6.07) is 6.41. The minimum absolute atomic E-state index is 0.163. The molecule has 0 unspecified atom stereocenters. The summed E-state index contributed by atoms with van der Waals surface area (Å²) in [7, 11) is 0. The molecule has 1 aliphatic rings. The third kappa shape index (κ3) is 3.90. The molecule has 0 bridgehead atoms. The van der Waals surface area contributed by atoms with E-state index in [2.05, 4.69) is 34.6 Å². The number of carbonyl (C=O) groups is 2. The van der Waals surface area contributed by atoms with Crippen molar-refractivity contribution >= 4 is 22.8 Å². The fourth-order valence-electron chi connectivity index (χ4n) is 3.76. The first-order valence-corrected chi connectivity index (χ1v) is 9.20. The Kier molecular flexibility index (Phi) is 5.61. The Morgan fingerprint density at radius 2 is 2.04 bits per heavy atom. The van der Waals surface area contributed by atoms with E-state index in [1.165, 1.54) is 22.2 Å². The largest absolute Gasteiger partial charge is 0.481 e. The van der Waals surface area contributed by atoms with Crippen LogP contribution >= 0.6 is 0 Å². The average molecular weight is 358 g/mol. The lowest BCUT2D eigenvalue weighted by Crippen LogP contribution is -2.33. The SMILES string of the molecule is CCOC(=O)CCn1c2c(c3cc(C)ccc31)CN(CCC(=O)O)CC2. The number of fused-ring (bicyclic) bond motifs is 3. The van der Waals surface area contributed by atoms with Crippen molar-refractivity contribution in [3.63, 3.8) is 0 Å². The molecule has 3 rings (SSSR count). The molecule has 26 heavy (non-hydrogen) atoms. The van der Waals surface area contributed by atoms with Crippen molar-refractivity contribution in [2.45, 2.75) is 46.2 Å². The van der Waals surface area contributed by atoms with Gasteiger partial charge in [0.1, 0.15) is 0 Å². The van der Waals surface area contributed by atoms with E-state index in [1.54, 1.807) is 0 Å². The summed E-state index contributed by atoms with van der Waals surface area (Å²) in [6.45, 7) is 7.08. The van der Waals surface area contributed by atoms with E-state index in [4.69, 9.17) is 9.84 Å². The second kappa shape index (κ2) is 7.91. The van der Waals surface area contributed by atoms with E-state index in [0.29, 0.717) is 26.1 Å². The van der Waals surface area contributed by atoms with Crippen LogP contribution in [-0.2, 0) is 33.8 Å². The summed E-state index contributed by atoms with van der Waals surface area (Å²) in [5.41, 5.74) is 4.88. The molecule has 6 nitrogen and oxygen atoms in total. The van der Waals surface area contributed by atoms with E-state index in [0.717, 1.165) is 25.0 Å². The summed E-state index contributed by atoms with van der Waals surface area (Å²) < 4.78 is 7.32. The fraction of sp³-hybridized carbons (Fsp3) is 0.500. The minimum Gasteiger partial charge on any atom is -0.481 e. The Morgan fingerprint density at radius 3 is 2.77 bits per heavy atom. The smallest absolute Gasteiger partial charge is 0.307 e. The molecule has 2 heterocycles. The highest BCUT2D eigenvalue weighted by molar-refractivity contribution is 5.86. The number of nitrogens with zero attached hydrogens (tertiary/aromatic N) is 2. The van der Waals surface area contributed by atoms with Gasteiger partial charge < -0.3 is 14.4 Å². The van der Waals surface area contributed by atoms with Gasteiger partial charge in [0.25, 0.3) is 0 Å². The zero-order valence-corrected chi connectivity index (χ0v) is 15.5. The van der Waals surface area contributed by atoms with Crippen molar-refractivity contribution in [1.82, 2.24) is 9.47 Å². The second-order valence-electron chi connectivity index (χ2n) is 6.82. The molecule has 0 saturated carbocycles. The molecule has 0 fully saturated rings. The molecule has 1 aromatic carbocycles. The Labute approximate surface area is 153 Å². The maximum atomic E-state index is 11.8. The van der Waals surface area contributed by atoms with Gasteiger partial charge >= 0.3 is 11.9 Å². The monoisotopic (exact) mass is 358 g/mol. The summed E-state index contributed by atoms with van der Waals surface area (Å²) in [5.74, 6) is -0.933. The molecule has 0 radical (unpaired) electrons. The van der Waals surface area contributed by atoms with Gasteiger partial charge in [-0.25, -0.2) is 0 Å². The zero-order chi connectivity index (χ0) is 18.7. The van der Waals surface area contributed by atoms with Crippen molar-refractivity contribution < 1.29 is 19.4 Å². The standard InChI is InChI=1S/C20H26N2O4/c1-3-26-20(25)8-11-22-17-5-4-14(2)12-15(17)16-13-21(9-6-18(16)22)10-7-19(23)24/h4-5,12H,3,6-11,13H2,1-2H3,(H,23,24). The molecule has 1 N–H and O–H groups in total. The van der Waals surface area contributed by atoms with Gasteiger partial charge in [-0.2, -0.15) is 0 Å². The van der Waals surface area contributed by atoms with E-state index >= 15 is 0 Å². The molecule has 6 heteroatoms. The van der Waals surface area contributed by atoms with Crippen molar-refractivity contribution in [1.29, 1.82) is 0 Å². The molecule has 0 atom stereocenters. The number of carboxylic acids is 1. The molecule has 0 saturated heterocycles. The number of ether oxygens (including phenoxy) is 1. The van der Waals surface area contributed by atoms with Crippen molar-refractivity contribution in [2.75, 3.05) is 19.7 Å². The van der Waals surface area contributed by atoms with E-state index in [9.17, 15) is 9.59 Å². The van der Waals surface area contributed by atoms with Gasteiger partial charge in [-0.15, -0.1) is 0 Å². The quantitative estimate of drug-likeness (QED) is 0.771. The maximum Gasteiger partial charge on any atom is 0.307 e. The van der Waals surface area contributed by atoms with Gasteiger partial charge in [-0.05, 0) is 31.5 Å². The predicted octanol–water partition coefficient (Wildman–Crippen LogP) is 2.74. The van der Waals surface area contributed by atoms with Gasteiger partial charge in [0.2, 0.25) is 0 Å². The first kappa shape index (κ1) is 18.5. The molecule has 1 aliphatic heterocycles. The Bertz CT molecular complexity index is 825. The summed E-state index contributed by atoms with van der Waals surface area (Å²) in [6.07, 6.45) is 1.39. The molecular formula is C20H26N2O4. The number of aryl methyl sites for hydroxylation is 2. The number of carboxylic acid groups (broad SMARTS) is 1. The molecule has 0 amide bonds. The van der Waals surface area contributed by atoms with Crippen LogP contribution in [0.15, 0.2) is 18.2 Å². The highest BCUT2D eigenvalue weighted by Crippen LogP contribution is 2.32. The predicted molar refractivity (Wildman–Crippen MR) is 99.2 cm³/mol. The van der Waals surface area contributed by atoms with Crippen LogP contribution in [0.25, 0.3) is 10.9 Å². The van der Waals surface area contributed by atoms with Gasteiger partial charge in [-0.3, -0.25) is 14.5 Å². The van der Waals surface area contributed by atoms with E-state index in [-0.39, 0.29) is 12.4 Å². The summed E-state index contributed by atoms with van der Waals surface area (Å²) in [4.78, 5) is 24.9. The molecule has 2 aromatic rings. The van der Waals surface area contributed by atoms with Crippen LogP contribution < -0.4 is 0 Å². The third-order valence-corrected chi connectivity index (χ3v) is 4.98. The molecular weight excluding hydrogens is 332 g/mol. The lowest BCUT2D eigenvalue weighted by molar-refractivity contribution is -0.143. The topological polar surface area (TPSA) is 71.8 Å². The molecule has 140 valence electrons. The average Bonchev–Trinajstić information content (AvgIpc) is 2.91. The summed E-state index contributed by atoms with van der Waals surface area (Å²) >= 11 is 0. The number of rotatable bonds is 7. The Balaban J connectivity index is 1.89. The van der Waals surface area contributed by atoms with Crippen molar-refractivity contribution in [3.8, 4) is 0 Å². The summed E-state index contributed by atoms with van der Waals surface area (Å²) in [5, 5.41) is 10.2. The number of hydrogen-bond acceptors (Lipinski definition) is 4. The van der Waals surface area contributed by atoms with Crippen molar-refractivity contribution in [3.05, 3.63) is 35.0 Å². The molecule has 0 aliphatic carbocycles. The molecule has 1 aromatic heterocycles. The fourth-order valence-corrected chi connectivity index (χ4v) is 3.76. The van der Waals surface area contributed by atoms with Crippen LogP contribution in [0.5, 0.6) is 0 Å². The highest BCUT2D eigenvalue weighted by Gasteiger charge is 2.24. The number of esters is 1. The van der Waals surface area contributed by atoms with Crippen LogP contribution in [0.4, 0.5) is 0 Å². The van der Waals surface area contributed by atoms with Crippen LogP contribution in [0.1, 0.15) is 36.6 Å². The highest BCUT2D eigenvalue weighted by atomic mass is 16.5. The van der Waals surface area contributed by atoms with Crippen LogP contribution in [0, 0.1) is 6.92 Å². The lowest BCUT2D eigenvalue weighted by Gasteiger charge is -2.27. The zero-order valence-electron chi connectivity index (χ0n) is 15.5. The Hall–Kier alpha value is -2.34. The van der Waals surface area contributed by atoms with Crippen LogP contribution in [0.3, 0.4) is 0 Å². The van der Waals surface area contributed by atoms with E-state index in [1.807, 2.05) is 6.92 Å².